The minimum Gasteiger partial charge on any atom is -0.465 e. The maximum absolute atomic E-state index is 12.0. The first kappa shape index (κ1) is 19.3. The SMILES string of the molecule is CCOC(=O)C(=O)C(CC(=O)/C=C/c1ccccc1)C(=O)OCC. The molecule has 128 valence electrons. The molecule has 1 aromatic rings. The van der Waals surface area contributed by atoms with Crippen molar-refractivity contribution in [1.29, 1.82) is 0 Å². The van der Waals surface area contributed by atoms with Crippen molar-refractivity contribution in [3.8, 4) is 0 Å². The fourth-order valence-corrected chi connectivity index (χ4v) is 1.89. The first-order valence-electron chi connectivity index (χ1n) is 7.63. The second kappa shape index (κ2) is 10.1. The zero-order valence-corrected chi connectivity index (χ0v) is 13.7. The molecule has 0 saturated carbocycles. The third-order valence-corrected chi connectivity index (χ3v) is 3.03. The normalized spacial score (nSPS) is 11.8. The molecular formula is C18H20O6. The van der Waals surface area contributed by atoms with Crippen LogP contribution in [-0.4, -0.2) is 36.7 Å². The van der Waals surface area contributed by atoms with E-state index in [0.29, 0.717) is 0 Å². The van der Waals surface area contributed by atoms with Crippen LogP contribution in [0, 0.1) is 5.92 Å². The van der Waals surface area contributed by atoms with Crippen LogP contribution in [0.5, 0.6) is 0 Å². The number of ketones is 2. The van der Waals surface area contributed by atoms with Crippen LogP contribution in [0.1, 0.15) is 25.8 Å². The maximum Gasteiger partial charge on any atom is 0.375 e. The average molecular weight is 332 g/mol. The number of carbonyl (C=O) groups is 4. The van der Waals surface area contributed by atoms with Crippen molar-refractivity contribution in [1.82, 2.24) is 0 Å². The van der Waals surface area contributed by atoms with Gasteiger partial charge in [-0.25, -0.2) is 4.79 Å². The molecule has 0 aliphatic heterocycles. The van der Waals surface area contributed by atoms with Gasteiger partial charge in [-0.3, -0.25) is 14.4 Å². The van der Waals surface area contributed by atoms with E-state index in [4.69, 9.17) is 4.74 Å². The summed E-state index contributed by atoms with van der Waals surface area (Å²) in [6.45, 7) is 3.15. The number of esters is 2. The van der Waals surface area contributed by atoms with E-state index in [1.807, 2.05) is 18.2 Å². The minimum atomic E-state index is -1.49. The highest BCUT2D eigenvalue weighted by molar-refractivity contribution is 6.38. The van der Waals surface area contributed by atoms with E-state index in [1.54, 1.807) is 25.1 Å². The first-order chi connectivity index (χ1) is 11.5. The molecule has 24 heavy (non-hydrogen) atoms. The van der Waals surface area contributed by atoms with Gasteiger partial charge in [0.1, 0.15) is 5.92 Å². The molecule has 0 saturated heterocycles. The molecule has 0 amide bonds. The summed E-state index contributed by atoms with van der Waals surface area (Å²) in [6, 6.07) is 9.08. The predicted octanol–water partition coefficient (Wildman–Crippen LogP) is 1.97. The molecule has 1 atom stereocenters. The van der Waals surface area contributed by atoms with E-state index in [2.05, 4.69) is 4.74 Å². The van der Waals surface area contributed by atoms with Gasteiger partial charge in [-0.15, -0.1) is 0 Å². The highest BCUT2D eigenvalue weighted by Crippen LogP contribution is 2.12. The van der Waals surface area contributed by atoms with Crippen molar-refractivity contribution >= 4 is 29.6 Å². The lowest BCUT2D eigenvalue weighted by molar-refractivity contribution is -0.162. The Bertz CT molecular complexity index is 618. The lowest BCUT2D eigenvalue weighted by Crippen LogP contribution is -2.34. The molecule has 0 N–H and O–H groups in total. The number of Topliss-reactive ketones (excluding diaryl/α,β-unsaturated/α-hetero) is 1. The Balaban J connectivity index is 2.82. The molecule has 0 aliphatic carbocycles. The second-order valence-corrected chi connectivity index (χ2v) is 4.80. The highest BCUT2D eigenvalue weighted by atomic mass is 16.5. The zero-order valence-electron chi connectivity index (χ0n) is 13.7. The molecule has 0 aromatic heterocycles. The van der Waals surface area contributed by atoms with E-state index in [-0.39, 0.29) is 13.2 Å². The van der Waals surface area contributed by atoms with Crippen LogP contribution in [0.25, 0.3) is 6.08 Å². The lowest BCUT2D eigenvalue weighted by Gasteiger charge is -2.12. The van der Waals surface area contributed by atoms with Crippen LogP contribution in [-0.2, 0) is 28.7 Å². The number of carbonyl (C=O) groups excluding carboxylic acids is 4. The molecule has 6 nitrogen and oxygen atoms in total. The summed E-state index contributed by atoms with van der Waals surface area (Å²) in [4.78, 5) is 47.5. The summed E-state index contributed by atoms with van der Waals surface area (Å²) in [5.41, 5.74) is 0.801. The van der Waals surface area contributed by atoms with Crippen molar-refractivity contribution in [3.05, 3.63) is 42.0 Å². The van der Waals surface area contributed by atoms with E-state index in [1.165, 1.54) is 13.0 Å². The lowest BCUT2D eigenvalue weighted by atomic mass is 9.97. The molecule has 1 unspecified atom stereocenters. The monoisotopic (exact) mass is 332 g/mol. The molecule has 6 heteroatoms. The summed E-state index contributed by atoms with van der Waals surface area (Å²) in [5, 5.41) is 0. The van der Waals surface area contributed by atoms with Gasteiger partial charge in [0.25, 0.3) is 5.78 Å². The highest BCUT2D eigenvalue weighted by Gasteiger charge is 2.35. The van der Waals surface area contributed by atoms with Gasteiger partial charge in [0.2, 0.25) is 0 Å². The maximum atomic E-state index is 12.0. The van der Waals surface area contributed by atoms with E-state index >= 15 is 0 Å². The van der Waals surface area contributed by atoms with Gasteiger partial charge in [0.15, 0.2) is 5.78 Å². The zero-order chi connectivity index (χ0) is 17.9. The summed E-state index contributed by atoms with van der Waals surface area (Å²) in [6.07, 6.45) is 2.39. The third kappa shape index (κ3) is 6.16. The predicted molar refractivity (Wildman–Crippen MR) is 86.9 cm³/mol. The van der Waals surface area contributed by atoms with Crippen LogP contribution >= 0.6 is 0 Å². The minimum absolute atomic E-state index is 0.00196. The summed E-state index contributed by atoms with van der Waals surface area (Å²) >= 11 is 0. The van der Waals surface area contributed by atoms with E-state index in [0.717, 1.165) is 5.56 Å². The third-order valence-electron chi connectivity index (χ3n) is 3.03. The van der Waals surface area contributed by atoms with E-state index < -0.39 is 35.8 Å². The number of hydrogen-bond donors (Lipinski definition) is 0. The van der Waals surface area contributed by atoms with Gasteiger partial charge in [0, 0.05) is 6.42 Å². The number of hydrogen-bond acceptors (Lipinski definition) is 6. The number of allylic oxidation sites excluding steroid dienone is 1. The van der Waals surface area contributed by atoms with Crippen molar-refractivity contribution in [2.45, 2.75) is 20.3 Å². The summed E-state index contributed by atoms with van der Waals surface area (Å²) in [7, 11) is 0. The Hall–Kier alpha value is -2.76. The van der Waals surface area contributed by atoms with Crippen LogP contribution < -0.4 is 0 Å². The second-order valence-electron chi connectivity index (χ2n) is 4.80. The van der Waals surface area contributed by atoms with Crippen molar-refractivity contribution in [2.24, 2.45) is 5.92 Å². The van der Waals surface area contributed by atoms with Gasteiger partial charge in [0.05, 0.1) is 13.2 Å². The Kier molecular flexibility index (Phi) is 8.11. The molecule has 0 radical (unpaired) electrons. The van der Waals surface area contributed by atoms with Gasteiger partial charge < -0.3 is 9.47 Å². The van der Waals surface area contributed by atoms with Crippen LogP contribution in [0.2, 0.25) is 0 Å². The van der Waals surface area contributed by atoms with Gasteiger partial charge >= 0.3 is 11.9 Å². The molecule has 0 heterocycles. The summed E-state index contributed by atoms with van der Waals surface area (Å²) in [5.74, 6) is -5.07. The Morgan fingerprint density at radius 3 is 2.21 bits per heavy atom. The Morgan fingerprint density at radius 2 is 1.62 bits per heavy atom. The Labute approximate surface area is 140 Å². The summed E-state index contributed by atoms with van der Waals surface area (Å²) < 4.78 is 9.37. The molecule has 1 rings (SSSR count). The van der Waals surface area contributed by atoms with Gasteiger partial charge in [-0.2, -0.15) is 0 Å². The van der Waals surface area contributed by atoms with Gasteiger partial charge in [-0.05, 0) is 25.5 Å². The van der Waals surface area contributed by atoms with Crippen molar-refractivity contribution < 1.29 is 28.7 Å². The standard InChI is InChI=1S/C18H20O6/c1-3-23-17(21)15(16(20)18(22)24-4-2)12-14(19)11-10-13-8-6-5-7-9-13/h5-11,15H,3-4,12H2,1-2H3/b11-10+. The van der Waals surface area contributed by atoms with Crippen LogP contribution in [0.15, 0.2) is 36.4 Å². The first-order valence-corrected chi connectivity index (χ1v) is 7.63. The number of benzene rings is 1. The largest absolute Gasteiger partial charge is 0.465 e. The molecule has 0 fully saturated rings. The van der Waals surface area contributed by atoms with Crippen molar-refractivity contribution in [3.63, 3.8) is 0 Å². The fourth-order valence-electron chi connectivity index (χ4n) is 1.89. The number of rotatable bonds is 9. The molecular weight excluding hydrogens is 312 g/mol. The smallest absolute Gasteiger partial charge is 0.375 e. The van der Waals surface area contributed by atoms with Gasteiger partial charge in [-0.1, -0.05) is 36.4 Å². The number of ether oxygens (including phenoxy) is 2. The average Bonchev–Trinajstić information content (AvgIpc) is 2.58. The van der Waals surface area contributed by atoms with Crippen LogP contribution in [0.4, 0.5) is 0 Å². The van der Waals surface area contributed by atoms with Crippen LogP contribution in [0.3, 0.4) is 0 Å². The Morgan fingerprint density at radius 1 is 1.00 bits per heavy atom. The quantitative estimate of drug-likeness (QED) is 0.297. The molecule has 0 aliphatic rings. The molecule has 1 aromatic carbocycles. The molecule has 0 bridgehead atoms. The fraction of sp³-hybridized carbons (Fsp3) is 0.333. The molecule has 0 spiro atoms. The van der Waals surface area contributed by atoms with E-state index in [9.17, 15) is 19.2 Å². The van der Waals surface area contributed by atoms with Crippen molar-refractivity contribution in [2.75, 3.05) is 13.2 Å². The topological polar surface area (TPSA) is 86.7 Å².